The second-order valence-corrected chi connectivity index (χ2v) is 6.63. The van der Waals surface area contributed by atoms with E-state index in [1.54, 1.807) is 6.07 Å². The van der Waals surface area contributed by atoms with E-state index in [2.05, 4.69) is 9.97 Å². The Hall–Kier alpha value is -1.86. The van der Waals surface area contributed by atoms with Crippen molar-refractivity contribution in [2.24, 2.45) is 5.73 Å². The van der Waals surface area contributed by atoms with Crippen LogP contribution in [-0.2, 0) is 10.0 Å². The van der Waals surface area contributed by atoms with Crippen LogP contribution in [0.5, 0.6) is 0 Å². The molecule has 20 heavy (non-hydrogen) atoms. The number of rotatable bonds is 2. The molecular weight excluding hydrogens is 276 g/mol. The maximum absolute atomic E-state index is 12.7. The van der Waals surface area contributed by atoms with Gasteiger partial charge in [0.2, 0.25) is 0 Å². The van der Waals surface area contributed by atoms with Crippen LogP contribution in [0.2, 0.25) is 0 Å². The van der Waals surface area contributed by atoms with Gasteiger partial charge in [-0.3, -0.25) is 4.31 Å². The molecule has 1 unspecified atom stereocenters. The highest BCUT2D eigenvalue weighted by Crippen LogP contribution is 2.34. The van der Waals surface area contributed by atoms with E-state index in [4.69, 9.17) is 5.73 Å². The molecule has 2 heterocycles. The topological polar surface area (TPSA) is 92.1 Å². The lowest BCUT2D eigenvalue weighted by atomic mass is 10.0. The van der Waals surface area contributed by atoms with Gasteiger partial charge in [-0.1, -0.05) is 18.2 Å². The van der Waals surface area contributed by atoms with Gasteiger partial charge in [-0.15, -0.1) is 0 Å². The zero-order valence-corrected chi connectivity index (χ0v) is 11.7. The molecule has 1 aromatic carbocycles. The number of fused-ring (bicyclic) bond motifs is 1. The number of imidazole rings is 1. The smallest absolute Gasteiger partial charge is 0.281 e. The standard InChI is InChI=1S/C13H16N4O2S/c14-11-5-3-7-17(12-6-2-1-4-10(11)12)20(18,19)13-8-15-9-16-13/h1-2,4,6,8-9,11H,3,5,7,14H2,(H,15,16). The van der Waals surface area contributed by atoms with Gasteiger partial charge < -0.3 is 10.7 Å². The first-order valence-corrected chi connectivity index (χ1v) is 7.90. The van der Waals surface area contributed by atoms with Gasteiger partial charge in [0.05, 0.1) is 18.2 Å². The Labute approximate surface area is 117 Å². The number of H-pyrrole nitrogens is 1. The third kappa shape index (κ3) is 2.08. The number of hydrogen-bond donors (Lipinski definition) is 2. The zero-order valence-electron chi connectivity index (χ0n) is 10.9. The summed E-state index contributed by atoms with van der Waals surface area (Å²) in [5, 5.41) is 0.0998. The van der Waals surface area contributed by atoms with Gasteiger partial charge in [0.25, 0.3) is 10.0 Å². The molecular formula is C13H16N4O2S. The Morgan fingerprint density at radius 2 is 2.15 bits per heavy atom. The summed E-state index contributed by atoms with van der Waals surface area (Å²) >= 11 is 0. The molecule has 0 radical (unpaired) electrons. The predicted octanol–water partition coefficient (Wildman–Crippen LogP) is 1.40. The van der Waals surface area contributed by atoms with Crippen molar-refractivity contribution in [2.75, 3.05) is 10.8 Å². The molecule has 1 aromatic heterocycles. The molecule has 0 fully saturated rings. The highest BCUT2D eigenvalue weighted by Gasteiger charge is 2.30. The molecule has 0 saturated carbocycles. The van der Waals surface area contributed by atoms with E-state index in [-0.39, 0.29) is 11.1 Å². The Kier molecular flexibility index (Phi) is 3.23. The van der Waals surface area contributed by atoms with E-state index in [9.17, 15) is 8.42 Å². The van der Waals surface area contributed by atoms with Gasteiger partial charge in [0.15, 0.2) is 5.03 Å². The number of sulfonamides is 1. The normalized spacial score (nSPS) is 19.4. The van der Waals surface area contributed by atoms with Crippen LogP contribution >= 0.6 is 0 Å². The molecule has 0 saturated heterocycles. The molecule has 1 aliphatic rings. The van der Waals surface area contributed by atoms with Crippen LogP contribution in [0.1, 0.15) is 24.4 Å². The van der Waals surface area contributed by atoms with E-state index in [0.29, 0.717) is 12.2 Å². The summed E-state index contributed by atoms with van der Waals surface area (Å²) in [6, 6.07) is 7.26. The second-order valence-electron chi connectivity index (χ2n) is 4.80. The third-order valence-electron chi connectivity index (χ3n) is 3.52. The lowest BCUT2D eigenvalue weighted by molar-refractivity contribution is 0.584. The van der Waals surface area contributed by atoms with Gasteiger partial charge in [-0.05, 0) is 24.5 Å². The Bertz CT molecular complexity index is 697. The van der Waals surface area contributed by atoms with Crippen LogP contribution in [0.25, 0.3) is 0 Å². The van der Waals surface area contributed by atoms with Crippen molar-refractivity contribution in [1.82, 2.24) is 9.97 Å². The lowest BCUT2D eigenvalue weighted by Gasteiger charge is -2.24. The molecule has 0 spiro atoms. The quantitative estimate of drug-likeness (QED) is 0.875. The van der Waals surface area contributed by atoms with E-state index < -0.39 is 10.0 Å². The van der Waals surface area contributed by atoms with Crippen molar-refractivity contribution in [3.8, 4) is 0 Å². The number of para-hydroxylation sites is 1. The molecule has 0 aliphatic carbocycles. The molecule has 106 valence electrons. The Balaban J connectivity index is 2.13. The molecule has 2 aromatic rings. The van der Waals surface area contributed by atoms with Crippen molar-refractivity contribution in [2.45, 2.75) is 23.9 Å². The van der Waals surface area contributed by atoms with Crippen LogP contribution in [0.4, 0.5) is 5.69 Å². The molecule has 1 atom stereocenters. The molecule has 1 aliphatic heterocycles. The van der Waals surface area contributed by atoms with Crippen LogP contribution in [0.3, 0.4) is 0 Å². The van der Waals surface area contributed by atoms with Crippen molar-refractivity contribution in [3.05, 3.63) is 42.4 Å². The second kappa shape index (κ2) is 4.92. The van der Waals surface area contributed by atoms with Crippen LogP contribution < -0.4 is 10.0 Å². The molecule has 7 heteroatoms. The number of benzene rings is 1. The van der Waals surface area contributed by atoms with Gasteiger partial charge in [0.1, 0.15) is 0 Å². The lowest BCUT2D eigenvalue weighted by Crippen LogP contribution is -2.32. The largest absolute Gasteiger partial charge is 0.334 e. The summed E-state index contributed by atoms with van der Waals surface area (Å²) in [6.07, 6.45) is 4.18. The number of hydrogen-bond acceptors (Lipinski definition) is 4. The molecule has 0 bridgehead atoms. The summed E-state index contributed by atoms with van der Waals surface area (Å²) in [7, 11) is -3.62. The van der Waals surface area contributed by atoms with Crippen LogP contribution in [-0.4, -0.2) is 24.9 Å². The summed E-state index contributed by atoms with van der Waals surface area (Å²) < 4.78 is 26.8. The average Bonchev–Trinajstić information content (AvgIpc) is 2.93. The number of nitrogens with one attached hydrogen (secondary N) is 1. The zero-order chi connectivity index (χ0) is 14.2. The first-order valence-electron chi connectivity index (χ1n) is 6.46. The Morgan fingerprint density at radius 1 is 1.35 bits per heavy atom. The van der Waals surface area contributed by atoms with E-state index in [1.165, 1.54) is 16.8 Å². The van der Waals surface area contributed by atoms with E-state index in [1.807, 2.05) is 18.2 Å². The predicted molar refractivity (Wildman–Crippen MR) is 75.7 cm³/mol. The average molecular weight is 292 g/mol. The summed E-state index contributed by atoms with van der Waals surface area (Å²) in [4.78, 5) is 6.46. The van der Waals surface area contributed by atoms with Crippen molar-refractivity contribution in [3.63, 3.8) is 0 Å². The summed E-state index contributed by atoms with van der Waals surface area (Å²) in [5.74, 6) is 0. The minimum atomic E-state index is -3.62. The van der Waals surface area contributed by atoms with Gasteiger partial charge in [0, 0.05) is 12.6 Å². The van der Waals surface area contributed by atoms with Crippen LogP contribution in [0.15, 0.2) is 41.8 Å². The number of aromatic nitrogens is 2. The van der Waals surface area contributed by atoms with Crippen molar-refractivity contribution < 1.29 is 8.42 Å². The minimum absolute atomic E-state index is 0.0998. The van der Waals surface area contributed by atoms with E-state index >= 15 is 0 Å². The first-order chi connectivity index (χ1) is 9.60. The van der Waals surface area contributed by atoms with Crippen molar-refractivity contribution >= 4 is 15.7 Å². The number of anilines is 1. The summed E-state index contributed by atoms with van der Waals surface area (Å²) in [6.45, 7) is 0.423. The maximum atomic E-state index is 12.7. The summed E-state index contributed by atoms with van der Waals surface area (Å²) in [5.41, 5.74) is 7.66. The van der Waals surface area contributed by atoms with Gasteiger partial charge in [-0.25, -0.2) is 4.98 Å². The third-order valence-corrected chi connectivity index (χ3v) is 5.26. The van der Waals surface area contributed by atoms with Gasteiger partial charge >= 0.3 is 0 Å². The molecule has 0 amide bonds. The highest BCUT2D eigenvalue weighted by molar-refractivity contribution is 7.92. The van der Waals surface area contributed by atoms with Gasteiger partial charge in [-0.2, -0.15) is 8.42 Å². The fraction of sp³-hybridized carbons (Fsp3) is 0.308. The number of aromatic amines is 1. The van der Waals surface area contributed by atoms with Crippen LogP contribution in [0, 0.1) is 0 Å². The molecule has 3 rings (SSSR count). The highest BCUT2D eigenvalue weighted by atomic mass is 32.2. The Morgan fingerprint density at radius 3 is 2.90 bits per heavy atom. The maximum Gasteiger partial charge on any atom is 0.281 e. The van der Waals surface area contributed by atoms with E-state index in [0.717, 1.165) is 18.4 Å². The number of nitrogens with two attached hydrogens (primary N) is 1. The molecule has 6 nitrogen and oxygen atoms in total. The number of nitrogens with zero attached hydrogens (tertiary/aromatic N) is 2. The first kappa shape index (κ1) is 13.1. The fourth-order valence-corrected chi connectivity index (χ4v) is 3.94. The van der Waals surface area contributed by atoms with Crippen molar-refractivity contribution in [1.29, 1.82) is 0 Å². The monoisotopic (exact) mass is 292 g/mol. The molecule has 3 N–H and O–H groups in total. The minimum Gasteiger partial charge on any atom is -0.334 e. The fourth-order valence-electron chi connectivity index (χ4n) is 2.51. The SMILES string of the molecule is NC1CCCN(S(=O)(=O)c2cnc[nH]2)c2ccccc21.